The van der Waals surface area contributed by atoms with Crippen LogP contribution in [-0.4, -0.2) is 44.4 Å². The molecular formula is C26H34N6O3S. The van der Waals surface area contributed by atoms with Crippen molar-refractivity contribution in [2.45, 2.75) is 44.7 Å². The van der Waals surface area contributed by atoms with Crippen molar-refractivity contribution >= 4 is 41.3 Å². The van der Waals surface area contributed by atoms with Crippen molar-refractivity contribution in [3.8, 4) is 5.75 Å². The number of nitrogens with one attached hydrogen (secondary N) is 4. The number of benzene rings is 1. The fourth-order valence-corrected chi connectivity index (χ4v) is 5.10. The summed E-state index contributed by atoms with van der Waals surface area (Å²) in [5, 5.41) is 16.6. The van der Waals surface area contributed by atoms with E-state index in [2.05, 4.69) is 20.9 Å². The van der Waals surface area contributed by atoms with Gasteiger partial charge in [-0.2, -0.15) is 0 Å². The van der Waals surface area contributed by atoms with Crippen LogP contribution in [0.4, 0.5) is 5.69 Å². The average Bonchev–Trinajstić information content (AvgIpc) is 3.59. The molecule has 2 aromatic rings. The minimum absolute atomic E-state index is 0.281. The third kappa shape index (κ3) is 7.42. The molecule has 0 bridgehead atoms. The molecule has 0 radical (unpaired) electrons. The molecular weight excluding hydrogens is 476 g/mol. The normalized spacial score (nSPS) is 15.0. The smallest absolute Gasteiger partial charge is 0.262 e. The van der Waals surface area contributed by atoms with Gasteiger partial charge in [0, 0.05) is 48.3 Å². The summed E-state index contributed by atoms with van der Waals surface area (Å²) in [7, 11) is 3.18. The van der Waals surface area contributed by atoms with Gasteiger partial charge in [0.05, 0.1) is 17.7 Å². The first kappa shape index (κ1) is 26.9. The van der Waals surface area contributed by atoms with Gasteiger partial charge in [-0.1, -0.05) is 25.7 Å². The number of carbonyl (C=O) groups is 2. The van der Waals surface area contributed by atoms with Crippen LogP contribution in [0.2, 0.25) is 0 Å². The Morgan fingerprint density at radius 1 is 1.28 bits per heavy atom. The lowest BCUT2D eigenvalue weighted by atomic mass is 9.97. The van der Waals surface area contributed by atoms with Gasteiger partial charge >= 0.3 is 0 Å². The van der Waals surface area contributed by atoms with E-state index in [0.717, 1.165) is 36.2 Å². The molecule has 1 heterocycles. The highest BCUT2D eigenvalue weighted by Gasteiger charge is 2.27. The second-order valence-electron chi connectivity index (χ2n) is 8.63. The van der Waals surface area contributed by atoms with Gasteiger partial charge in [0.1, 0.15) is 11.8 Å². The number of nitrogens with two attached hydrogens (primary N) is 1. The Balaban J connectivity index is 1.65. The van der Waals surface area contributed by atoms with Crippen LogP contribution in [0.3, 0.4) is 0 Å². The van der Waals surface area contributed by atoms with E-state index < -0.39 is 6.04 Å². The molecule has 1 aliphatic carbocycles. The molecule has 9 nitrogen and oxygen atoms in total. The van der Waals surface area contributed by atoms with Gasteiger partial charge in [-0.25, -0.2) is 0 Å². The van der Waals surface area contributed by atoms with Crippen LogP contribution in [0.1, 0.15) is 52.2 Å². The molecule has 0 aliphatic heterocycles. The van der Waals surface area contributed by atoms with E-state index in [-0.39, 0.29) is 11.8 Å². The highest BCUT2D eigenvalue weighted by atomic mass is 32.1. The second-order valence-corrected chi connectivity index (χ2v) is 9.80. The highest BCUT2D eigenvalue weighted by Crippen LogP contribution is 2.29. The third-order valence-corrected chi connectivity index (χ3v) is 7.22. The van der Waals surface area contributed by atoms with Crippen molar-refractivity contribution in [1.29, 1.82) is 5.41 Å². The first-order valence-corrected chi connectivity index (χ1v) is 12.8. The molecule has 0 saturated heterocycles. The predicted molar refractivity (Wildman–Crippen MR) is 145 cm³/mol. The van der Waals surface area contributed by atoms with E-state index >= 15 is 0 Å². The van der Waals surface area contributed by atoms with Crippen molar-refractivity contribution in [3.63, 3.8) is 0 Å². The molecule has 1 aromatic heterocycles. The molecule has 6 N–H and O–H groups in total. The van der Waals surface area contributed by atoms with E-state index in [0.29, 0.717) is 40.8 Å². The Hall–Kier alpha value is -3.66. The van der Waals surface area contributed by atoms with Crippen molar-refractivity contribution in [2.75, 3.05) is 19.5 Å². The standard InChI is InChI=1S/C26H34N6O3S/c1-29-15-19(14-28)31-25(33)23(11-17-5-3-4-6-17)32-26(34)24-10-8-21(36-24)16-30-22-9-7-20(35-2)12-18(22)13-27/h7-10,12-15,17,23,27,30H,3-6,11,16,28H2,1-2H3,(H,31,33)(H,32,34)/b19-14+,27-13?,29-15?/t23-/m0/s1. The Labute approximate surface area is 215 Å². The number of carbonyl (C=O) groups excluding carboxylic acids is 2. The monoisotopic (exact) mass is 510 g/mol. The van der Waals surface area contributed by atoms with Gasteiger partial charge in [0.25, 0.3) is 5.91 Å². The van der Waals surface area contributed by atoms with Crippen LogP contribution in [0, 0.1) is 11.3 Å². The molecule has 1 atom stereocenters. The maximum Gasteiger partial charge on any atom is 0.262 e. The first-order chi connectivity index (χ1) is 17.5. The van der Waals surface area contributed by atoms with Crippen LogP contribution >= 0.6 is 11.3 Å². The number of amides is 2. The maximum atomic E-state index is 13.1. The van der Waals surface area contributed by atoms with Gasteiger partial charge < -0.3 is 31.8 Å². The Bertz CT molecular complexity index is 1120. The van der Waals surface area contributed by atoms with Crippen molar-refractivity contribution < 1.29 is 14.3 Å². The van der Waals surface area contributed by atoms with Gasteiger partial charge in [-0.05, 0) is 42.7 Å². The average molecular weight is 511 g/mol. The van der Waals surface area contributed by atoms with E-state index in [1.165, 1.54) is 30.0 Å². The Morgan fingerprint density at radius 2 is 2.06 bits per heavy atom. The molecule has 0 spiro atoms. The highest BCUT2D eigenvalue weighted by molar-refractivity contribution is 7.14. The lowest BCUT2D eigenvalue weighted by molar-refractivity contribution is -0.122. The zero-order valence-electron chi connectivity index (χ0n) is 20.7. The van der Waals surface area contributed by atoms with Crippen molar-refractivity contribution in [1.82, 2.24) is 10.6 Å². The van der Waals surface area contributed by atoms with Crippen LogP contribution in [0.5, 0.6) is 5.75 Å². The number of anilines is 1. The van der Waals surface area contributed by atoms with Crippen LogP contribution in [0.25, 0.3) is 0 Å². The number of allylic oxidation sites excluding steroid dienone is 1. The summed E-state index contributed by atoms with van der Waals surface area (Å²) in [6, 6.07) is 8.46. The summed E-state index contributed by atoms with van der Waals surface area (Å²) in [6.07, 6.45) is 9.04. The number of hydrogen-bond acceptors (Lipinski definition) is 8. The molecule has 1 saturated carbocycles. The van der Waals surface area contributed by atoms with E-state index in [1.54, 1.807) is 26.3 Å². The maximum absolute atomic E-state index is 13.1. The largest absolute Gasteiger partial charge is 0.497 e. The summed E-state index contributed by atoms with van der Waals surface area (Å²) in [5.41, 5.74) is 7.50. The van der Waals surface area contributed by atoms with Gasteiger partial charge in [0.2, 0.25) is 5.91 Å². The van der Waals surface area contributed by atoms with Gasteiger partial charge in [-0.15, -0.1) is 11.3 Å². The molecule has 1 aromatic carbocycles. The number of thiophene rings is 1. The summed E-state index contributed by atoms with van der Waals surface area (Å²) < 4.78 is 5.22. The molecule has 192 valence electrons. The van der Waals surface area contributed by atoms with E-state index in [1.807, 2.05) is 18.2 Å². The van der Waals surface area contributed by atoms with Gasteiger partial charge in [-0.3, -0.25) is 14.6 Å². The molecule has 3 rings (SSSR count). The fraction of sp³-hybridized carbons (Fsp3) is 0.385. The predicted octanol–water partition coefficient (Wildman–Crippen LogP) is 3.66. The molecule has 1 aliphatic rings. The minimum atomic E-state index is -0.668. The summed E-state index contributed by atoms with van der Waals surface area (Å²) >= 11 is 1.36. The third-order valence-electron chi connectivity index (χ3n) is 6.13. The van der Waals surface area contributed by atoms with Crippen molar-refractivity contribution in [2.24, 2.45) is 16.6 Å². The summed E-state index contributed by atoms with van der Waals surface area (Å²) in [5.74, 6) is 0.503. The number of hydrogen-bond donors (Lipinski definition) is 5. The van der Waals surface area contributed by atoms with Crippen LogP contribution in [0.15, 0.2) is 47.2 Å². The zero-order valence-corrected chi connectivity index (χ0v) is 21.5. The lowest BCUT2D eigenvalue weighted by Crippen LogP contribution is -2.47. The summed E-state index contributed by atoms with van der Waals surface area (Å²) in [4.78, 5) is 31.4. The number of nitrogens with zero attached hydrogens (tertiary/aromatic N) is 1. The fourth-order valence-electron chi connectivity index (χ4n) is 4.25. The molecule has 10 heteroatoms. The molecule has 0 unspecified atom stereocenters. The molecule has 2 amide bonds. The molecule has 36 heavy (non-hydrogen) atoms. The van der Waals surface area contributed by atoms with Crippen molar-refractivity contribution in [3.05, 3.63) is 57.5 Å². The Kier molecular flexibility index (Phi) is 10.1. The first-order valence-electron chi connectivity index (χ1n) is 11.9. The SMILES string of the molecule is CN=C/C(=C\N)NC(=O)[C@H](CC1CCCC1)NC(=O)c1ccc(CNc2ccc(OC)cc2C=N)s1. The second kappa shape index (κ2) is 13.4. The quantitative estimate of drug-likeness (QED) is 0.277. The lowest BCUT2D eigenvalue weighted by Gasteiger charge is -2.21. The number of aliphatic imine (C=N–C) groups is 1. The number of ether oxygens (including phenoxy) is 1. The van der Waals surface area contributed by atoms with Crippen LogP contribution in [-0.2, 0) is 11.3 Å². The summed E-state index contributed by atoms with van der Waals surface area (Å²) in [6.45, 7) is 0.498. The van der Waals surface area contributed by atoms with Gasteiger partial charge in [0.15, 0.2) is 0 Å². The number of rotatable bonds is 12. The minimum Gasteiger partial charge on any atom is -0.497 e. The molecule has 1 fully saturated rings. The van der Waals surface area contributed by atoms with E-state index in [4.69, 9.17) is 15.9 Å². The zero-order chi connectivity index (χ0) is 25.9. The Morgan fingerprint density at radius 3 is 2.72 bits per heavy atom. The van der Waals surface area contributed by atoms with E-state index in [9.17, 15) is 9.59 Å². The topological polar surface area (TPSA) is 142 Å². The van der Waals surface area contributed by atoms with Crippen LogP contribution < -0.4 is 26.4 Å². The number of methoxy groups -OCH3 is 1.